The van der Waals surface area contributed by atoms with E-state index in [9.17, 15) is 0 Å². The maximum Gasteiger partial charge on any atom is 0.254 e. The monoisotopic (exact) mass is 366 g/mol. The van der Waals surface area contributed by atoms with Crippen LogP contribution in [0.2, 0.25) is 0 Å². The summed E-state index contributed by atoms with van der Waals surface area (Å²) < 4.78 is 14.1. The molecule has 1 atom stereocenters. The van der Waals surface area contributed by atoms with E-state index in [4.69, 9.17) is 9.47 Å². The fraction of sp³-hybridized carbons (Fsp3) is 0.474. The Balaban J connectivity index is 1.25. The van der Waals surface area contributed by atoms with Crippen LogP contribution in [0.25, 0.3) is 5.78 Å². The molecule has 3 aromatic heterocycles. The number of rotatable bonds is 4. The van der Waals surface area contributed by atoms with Gasteiger partial charge in [0.15, 0.2) is 0 Å². The van der Waals surface area contributed by atoms with Crippen molar-refractivity contribution >= 4 is 11.6 Å². The highest BCUT2D eigenvalue weighted by atomic mass is 16.5. The minimum atomic E-state index is -0.142. The van der Waals surface area contributed by atoms with Crippen LogP contribution in [0, 0.1) is 6.92 Å². The van der Waals surface area contributed by atoms with Crippen molar-refractivity contribution in [1.29, 1.82) is 0 Å². The molecule has 3 aromatic rings. The van der Waals surface area contributed by atoms with Gasteiger partial charge in [0.2, 0.25) is 0 Å². The van der Waals surface area contributed by atoms with Crippen LogP contribution in [0.15, 0.2) is 36.8 Å². The highest BCUT2D eigenvalue weighted by molar-refractivity contribution is 5.50. The molecule has 1 spiro atoms. The third kappa shape index (κ3) is 3.15. The minimum absolute atomic E-state index is 0.142. The lowest BCUT2D eigenvalue weighted by molar-refractivity contribution is -0.148. The van der Waals surface area contributed by atoms with Gasteiger partial charge in [-0.15, -0.1) is 0 Å². The van der Waals surface area contributed by atoms with Crippen LogP contribution in [0.3, 0.4) is 0 Å². The number of pyridine rings is 1. The van der Waals surface area contributed by atoms with Crippen molar-refractivity contribution in [3.8, 4) is 0 Å². The summed E-state index contributed by atoms with van der Waals surface area (Å²) in [5, 5.41) is 4.30. The summed E-state index contributed by atoms with van der Waals surface area (Å²) in [7, 11) is 0. The Hall–Kier alpha value is -2.58. The molecule has 8 heteroatoms. The van der Waals surface area contributed by atoms with Crippen molar-refractivity contribution in [1.82, 2.24) is 24.6 Å². The van der Waals surface area contributed by atoms with Gasteiger partial charge in [0, 0.05) is 31.0 Å². The number of hydrogen-bond acceptors (Lipinski definition) is 7. The average Bonchev–Trinajstić information content (AvgIpc) is 3.13. The highest BCUT2D eigenvalue weighted by Crippen LogP contribution is 2.38. The van der Waals surface area contributed by atoms with Gasteiger partial charge >= 0.3 is 0 Å². The van der Waals surface area contributed by atoms with Gasteiger partial charge in [-0.05, 0) is 25.5 Å². The van der Waals surface area contributed by atoms with Crippen molar-refractivity contribution < 1.29 is 9.47 Å². The quantitative estimate of drug-likeness (QED) is 0.696. The van der Waals surface area contributed by atoms with E-state index in [-0.39, 0.29) is 11.7 Å². The van der Waals surface area contributed by atoms with E-state index < -0.39 is 0 Å². The molecular weight excluding hydrogens is 344 g/mol. The summed E-state index contributed by atoms with van der Waals surface area (Å²) in [4.78, 5) is 15.2. The number of aromatic nitrogens is 5. The Labute approximate surface area is 157 Å². The first kappa shape index (κ1) is 16.6. The van der Waals surface area contributed by atoms with Crippen LogP contribution in [-0.2, 0) is 16.1 Å². The Morgan fingerprint density at radius 2 is 2.22 bits per heavy atom. The van der Waals surface area contributed by atoms with E-state index >= 15 is 0 Å². The molecule has 0 aliphatic carbocycles. The molecule has 0 unspecified atom stereocenters. The van der Waals surface area contributed by atoms with Crippen molar-refractivity contribution in [2.45, 2.75) is 38.1 Å². The average molecular weight is 366 g/mol. The lowest BCUT2D eigenvalue weighted by atomic mass is 9.84. The van der Waals surface area contributed by atoms with E-state index in [1.165, 1.54) is 0 Å². The molecule has 2 aliphatic heterocycles. The van der Waals surface area contributed by atoms with Crippen LogP contribution in [0.5, 0.6) is 0 Å². The zero-order chi connectivity index (χ0) is 18.3. The molecule has 140 valence electrons. The molecule has 0 bridgehead atoms. The molecule has 0 radical (unpaired) electrons. The standard InChI is InChI=1S/C19H22N6O2/c1-14-8-17(25-18(23-14)21-13-22-25)24-11-19(12-24)9-16(5-7-27-19)26-10-15-4-2-3-6-20-15/h2-4,6,8,13,16H,5,7,9-12H2,1H3/t16-/m1/s1. The van der Waals surface area contributed by atoms with Gasteiger partial charge in [-0.1, -0.05) is 6.07 Å². The summed E-state index contributed by atoms with van der Waals surface area (Å²) in [5.74, 6) is 1.65. The Bertz CT molecular complexity index is 938. The number of fused-ring (bicyclic) bond motifs is 1. The second-order valence-corrected chi connectivity index (χ2v) is 7.36. The van der Waals surface area contributed by atoms with Crippen LogP contribution >= 0.6 is 0 Å². The summed E-state index contributed by atoms with van der Waals surface area (Å²) in [5.41, 5.74) is 1.76. The first-order valence-electron chi connectivity index (χ1n) is 9.29. The van der Waals surface area contributed by atoms with Crippen LogP contribution < -0.4 is 4.90 Å². The number of ether oxygens (including phenoxy) is 2. The fourth-order valence-corrected chi connectivity index (χ4v) is 3.98. The summed E-state index contributed by atoms with van der Waals surface area (Å²) in [6.45, 7) is 4.92. The normalized spacial score (nSPS) is 21.5. The van der Waals surface area contributed by atoms with Gasteiger partial charge in [0.1, 0.15) is 17.7 Å². The minimum Gasteiger partial charge on any atom is -0.372 e. The van der Waals surface area contributed by atoms with Gasteiger partial charge in [-0.2, -0.15) is 14.6 Å². The van der Waals surface area contributed by atoms with Gasteiger partial charge < -0.3 is 14.4 Å². The molecule has 8 nitrogen and oxygen atoms in total. The Kier molecular flexibility index (Phi) is 4.02. The predicted molar refractivity (Wildman–Crippen MR) is 98.5 cm³/mol. The third-order valence-corrected chi connectivity index (χ3v) is 5.28. The number of aryl methyl sites for hydroxylation is 1. The van der Waals surface area contributed by atoms with Gasteiger partial charge in [0.05, 0.1) is 31.5 Å². The number of nitrogens with zero attached hydrogens (tertiary/aromatic N) is 6. The van der Waals surface area contributed by atoms with Gasteiger partial charge in [-0.25, -0.2) is 4.98 Å². The Morgan fingerprint density at radius 3 is 3.07 bits per heavy atom. The molecule has 0 amide bonds. The van der Waals surface area contributed by atoms with E-state index in [0.29, 0.717) is 12.4 Å². The molecule has 2 saturated heterocycles. The maximum absolute atomic E-state index is 6.16. The smallest absolute Gasteiger partial charge is 0.254 e. The first-order chi connectivity index (χ1) is 13.2. The largest absolute Gasteiger partial charge is 0.372 e. The van der Waals surface area contributed by atoms with Crippen molar-refractivity contribution in [2.24, 2.45) is 0 Å². The van der Waals surface area contributed by atoms with Crippen molar-refractivity contribution in [3.63, 3.8) is 0 Å². The van der Waals surface area contributed by atoms with E-state index in [1.54, 1.807) is 17.0 Å². The lowest BCUT2D eigenvalue weighted by Crippen LogP contribution is -2.66. The summed E-state index contributed by atoms with van der Waals surface area (Å²) in [6.07, 6.45) is 5.38. The molecule has 27 heavy (non-hydrogen) atoms. The summed E-state index contributed by atoms with van der Waals surface area (Å²) in [6, 6.07) is 7.95. The third-order valence-electron chi connectivity index (χ3n) is 5.28. The maximum atomic E-state index is 6.16. The topological polar surface area (TPSA) is 77.7 Å². The molecule has 5 rings (SSSR count). The SMILES string of the molecule is Cc1cc(N2CC3(C[C@H](OCc4ccccn4)CCO3)C2)n2ncnc2n1. The zero-order valence-corrected chi connectivity index (χ0v) is 15.3. The van der Waals surface area contributed by atoms with Gasteiger partial charge in [-0.3, -0.25) is 4.98 Å². The van der Waals surface area contributed by atoms with Crippen LogP contribution in [-0.4, -0.2) is 56.0 Å². The first-order valence-corrected chi connectivity index (χ1v) is 9.29. The molecule has 5 heterocycles. The van der Waals surface area contributed by atoms with Crippen LogP contribution in [0.4, 0.5) is 5.82 Å². The second kappa shape index (κ2) is 6.54. The summed E-state index contributed by atoms with van der Waals surface area (Å²) >= 11 is 0. The van der Waals surface area contributed by atoms with Gasteiger partial charge in [0.25, 0.3) is 5.78 Å². The molecular formula is C19H22N6O2. The lowest BCUT2D eigenvalue weighted by Gasteiger charge is -2.53. The molecule has 2 fully saturated rings. The number of hydrogen-bond donors (Lipinski definition) is 0. The van der Waals surface area contributed by atoms with Crippen molar-refractivity contribution in [3.05, 3.63) is 48.2 Å². The van der Waals surface area contributed by atoms with E-state index in [1.807, 2.05) is 31.2 Å². The molecule has 0 N–H and O–H groups in total. The van der Waals surface area contributed by atoms with E-state index in [2.05, 4.69) is 25.0 Å². The zero-order valence-electron chi connectivity index (χ0n) is 15.3. The van der Waals surface area contributed by atoms with Crippen LogP contribution in [0.1, 0.15) is 24.2 Å². The number of anilines is 1. The molecule has 2 aliphatic rings. The fourth-order valence-electron chi connectivity index (χ4n) is 3.98. The van der Waals surface area contributed by atoms with E-state index in [0.717, 1.165) is 49.7 Å². The predicted octanol–water partition coefficient (Wildman–Crippen LogP) is 1.78. The highest BCUT2D eigenvalue weighted by Gasteiger charge is 2.48. The molecule has 0 saturated carbocycles. The van der Waals surface area contributed by atoms with Crippen molar-refractivity contribution in [2.75, 3.05) is 24.6 Å². The Morgan fingerprint density at radius 1 is 1.30 bits per heavy atom. The molecule has 0 aromatic carbocycles. The second-order valence-electron chi connectivity index (χ2n) is 7.36.